The average Bonchev–Trinajstić information content (AvgIpc) is 3.42. The van der Waals surface area contributed by atoms with Crippen molar-refractivity contribution in [2.24, 2.45) is 10.7 Å². The first-order valence-corrected chi connectivity index (χ1v) is 22.9. The second kappa shape index (κ2) is 35.8. The Hall–Kier alpha value is -1.22. The van der Waals surface area contributed by atoms with Crippen molar-refractivity contribution >= 4 is 16.2 Å². The Morgan fingerprint density at radius 3 is 1.39 bits per heavy atom. The van der Waals surface area contributed by atoms with E-state index < -0.39 is 10.4 Å². The molecule has 3 N–H and O–H groups in total. The summed E-state index contributed by atoms with van der Waals surface area (Å²) in [6.07, 6.45) is 50.2. The van der Waals surface area contributed by atoms with Crippen LogP contribution in [-0.4, -0.2) is 56.0 Å². The van der Waals surface area contributed by atoms with Crippen molar-refractivity contribution in [2.45, 2.75) is 219 Å². The quantitative estimate of drug-likeness (QED) is 0.0381. The third-order valence-corrected chi connectivity index (χ3v) is 10.5. The summed E-state index contributed by atoms with van der Waals surface area (Å²) in [4.78, 5) is 7.87. The first-order valence-electron chi connectivity index (χ1n) is 21.6. The van der Waals surface area contributed by atoms with Gasteiger partial charge in [-0.05, 0) is 84.1 Å². The van der Waals surface area contributed by atoms with Crippen LogP contribution >= 0.6 is 0 Å². The Bertz CT molecular complexity index is 953. The number of nitrogens with zero attached hydrogens (tertiary/aromatic N) is 2. The lowest BCUT2D eigenvalue weighted by Crippen LogP contribution is -2.36. The average molecular weight is 740 g/mol. The summed E-state index contributed by atoms with van der Waals surface area (Å²) in [6.45, 7) is 9.92. The van der Waals surface area contributed by atoms with Crippen molar-refractivity contribution in [1.82, 2.24) is 4.90 Å². The van der Waals surface area contributed by atoms with E-state index in [-0.39, 0.29) is 5.54 Å². The number of amidine groups is 1. The van der Waals surface area contributed by atoms with Gasteiger partial charge in [-0.1, -0.05) is 154 Å². The third kappa shape index (κ3) is 34.3. The van der Waals surface area contributed by atoms with Gasteiger partial charge in [0.25, 0.3) is 0 Å². The lowest BCUT2D eigenvalue weighted by Gasteiger charge is -2.25. The van der Waals surface area contributed by atoms with Gasteiger partial charge >= 0.3 is 10.4 Å². The molecular weight excluding hydrogens is 655 g/mol. The molecule has 0 radical (unpaired) electrons. The van der Waals surface area contributed by atoms with Crippen LogP contribution in [0, 0.1) is 0 Å². The van der Waals surface area contributed by atoms with E-state index in [2.05, 4.69) is 54.2 Å². The van der Waals surface area contributed by atoms with Crippen molar-refractivity contribution < 1.29 is 17.2 Å². The summed E-state index contributed by atoms with van der Waals surface area (Å²) < 4.78 is 29.7. The van der Waals surface area contributed by atoms with Gasteiger partial charge in [0.2, 0.25) is 0 Å². The molecule has 1 heterocycles. The molecule has 7 nitrogen and oxygen atoms in total. The molecule has 302 valence electrons. The molecule has 0 spiro atoms. The van der Waals surface area contributed by atoms with E-state index in [1.54, 1.807) is 0 Å². The second-order valence-electron chi connectivity index (χ2n) is 15.2. The van der Waals surface area contributed by atoms with Gasteiger partial charge in [-0.25, -0.2) is 0 Å². The number of hydrogen-bond acceptors (Lipinski definition) is 6. The third-order valence-electron chi connectivity index (χ3n) is 10.0. The molecular formula is C43H85N3O4S. The van der Waals surface area contributed by atoms with E-state index >= 15 is 0 Å². The van der Waals surface area contributed by atoms with Crippen LogP contribution < -0.4 is 5.73 Å². The maximum atomic E-state index is 9.33. The van der Waals surface area contributed by atoms with Crippen LogP contribution in [0.1, 0.15) is 213 Å². The second-order valence-corrected chi connectivity index (χ2v) is 16.4. The van der Waals surface area contributed by atoms with E-state index in [1.165, 1.54) is 192 Å². The summed E-state index contributed by atoms with van der Waals surface area (Å²) in [6, 6.07) is 0. The van der Waals surface area contributed by atoms with Crippen LogP contribution in [-0.2, 0) is 14.6 Å². The highest BCUT2D eigenvalue weighted by Gasteiger charge is 2.33. The largest absolute Gasteiger partial charge is 0.397 e. The molecule has 0 saturated heterocycles. The predicted molar refractivity (Wildman–Crippen MR) is 223 cm³/mol. The summed E-state index contributed by atoms with van der Waals surface area (Å²) in [5.74, 6) is 1.38. The monoisotopic (exact) mass is 740 g/mol. The van der Waals surface area contributed by atoms with Crippen LogP contribution in [0.3, 0.4) is 0 Å². The summed E-state index contributed by atoms with van der Waals surface area (Å²) in [7, 11) is -3.29. The Labute approximate surface area is 318 Å². The Morgan fingerprint density at radius 1 is 0.667 bits per heavy atom. The Morgan fingerprint density at radius 2 is 1.02 bits per heavy atom. The van der Waals surface area contributed by atoms with E-state index in [0.717, 1.165) is 33.0 Å². The summed E-state index contributed by atoms with van der Waals surface area (Å²) in [5, 5.41) is 0. The molecule has 0 aromatic rings. The van der Waals surface area contributed by atoms with Crippen molar-refractivity contribution in [3.8, 4) is 0 Å². The van der Waals surface area contributed by atoms with Crippen LogP contribution in [0.5, 0.6) is 0 Å². The van der Waals surface area contributed by atoms with Gasteiger partial charge in [0.15, 0.2) is 0 Å². The fraction of sp³-hybridized carbons (Fsp3) is 0.884. The molecule has 0 fully saturated rings. The van der Waals surface area contributed by atoms with E-state index in [4.69, 9.17) is 15.3 Å². The normalized spacial score (nSPS) is 16.4. The molecule has 0 amide bonds. The van der Waals surface area contributed by atoms with Crippen LogP contribution in [0.15, 0.2) is 29.3 Å². The number of hydrogen-bond donors (Lipinski definition) is 2. The lowest BCUT2D eigenvalue weighted by molar-refractivity contribution is 0.324. The molecule has 1 aliphatic rings. The maximum absolute atomic E-state index is 9.33. The standard InChI is InChI=1S/C42H81N3.CH4O4S/c1-4-6-8-10-12-14-16-18-20-22-24-26-28-30-32-34-36-41-44-42(3,37-38-43)40-45(41)39-35-33-31-29-27-25-23-21-19-17-15-13-11-9-7-5-2;1-5-6(2,3)4/h18-21H,4-17,22-40,43H2,1-3H3;1H3,(H,2,3,4)/b20-18-,21-19-;. The highest BCUT2D eigenvalue weighted by atomic mass is 32.3. The molecule has 8 heteroatoms. The van der Waals surface area contributed by atoms with Crippen molar-refractivity contribution in [3.63, 3.8) is 0 Å². The van der Waals surface area contributed by atoms with Gasteiger partial charge in [-0.3, -0.25) is 13.7 Å². The molecule has 1 atom stereocenters. The highest BCUT2D eigenvalue weighted by Crippen LogP contribution is 2.27. The van der Waals surface area contributed by atoms with Crippen LogP contribution in [0.25, 0.3) is 0 Å². The number of rotatable bonds is 35. The Balaban J connectivity index is 0.00000381. The molecule has 0 saturated carbocycles. The molecule has 0 aromatic carbocycles. The number of allylic oxidation sites excluding steroid dienone is 4. The molecule has 0 bridgehead atoms. The van der Waals surface area contributed by atoms with Crippen molar-refractivity contribution in [3.05, 3.63) is 24.3 Å². The minimum absolute atomic E-state index is 0.0369. The lowest BCUT2D eigenvalue weighted by atomic mass is 9.99. The van der Waals surface area contributed by atoms with Crippen LogP contribution in [0.2, 0.25) is 0 Å². The highest BCUT2D eigenvalue weighted by molar-refractivity contribution is 7.80. The molecule has 0 aromatic heterocycles. The Kier molecular flexibility index (Phi) is 34.9. The van der Waals surface area contributed by atoms with Crippen LogP contribution in [0.4, 0.5) is 0 Å². The van der Waals surface area contributed by atoms with Gasteiger partial charge < -0.3 is 10.6 Å². The first-order chi connectivity index (χ1) is 24.7. The summed E-state index contributed by atoms with van der Waals surface area (Å²) >= 11 is 0. The SMILES string of the molecule is CCCCCCCC/C=C\CCCCCCCCC1=NC(C)(CCN)CN1CCCCCCCC/C=C\CCCCCCCC.COS(=O)(=O)O. The topological polar surface area (TPSA) is 105 Å². The fourth-order valence-corrected chi connectivity index (χ4v) is 6.87. The minimum Gasteiger partial charge on any atom is -0.358 e. The van der Waals surface area contributed by atoms with Crippen molar-refractivity contribution in [2.75, 3.05) is 26.7 Å². The van der Waals surface area contributed by atoms with Gasteiger partial charge in [0, 0.05) is 19.5 Å². The van der Waals surface area contributed by atoms with E-state index in [9.17, 15) is 8.42 Å². The zero-order valence-electron chi connectivity index (χ0n) is 34.2. The number of aliphatic imine (C=N–C) groups is 1. The van der Waals surface area contributed by atoms with E-state index in [1.807, 2.05) is 0 Å². The fourth-order valence-electron chi connectivity index (χ4n) is 6.87. The van der Waals surface area contributed by atoms with Gasteiger partial charge in [0.05, 0.1) is 18.5 Å². The minimum atomic E-state index is -4.16. The molecule has 1 unspecified atom stereocenters. The van der Waals surface area contributed by atoms with Gasteiger partial charge in [-0.2, -0.15) is 8.42 Å². The van der Waals surface area contributed by atoms with Gasteiger partial charge in [0.1, 0.15) is 0 Å². The summed E-state index contributed by atoms with van der Waals surface area (Å²) in [5.41, 5.74) is 6.01. The first kappa shape index (κ1) is 49.8. The molecule has 51 heavy (non-hydrogen) atoms. The number of nitrogens with two attached hydrogens (primary N) is 1. The van der Waals surface area contributed by atoms with Crippen molar-refractivity contribution in [1.29, 1.82) is 0 Å². The smallest absolute Gasteiger partial charge is 0.358 e. The van der Waals surface area contributed by atoms with Gasteiger partial charge in [-0.15, -0.1) is 0 Å². The molecule has 0 aliphatic carbocycles. The van der Waals surface area contributed by atoms with E-state index in [0.29, 0.717) is 0 Å². The number of unbranched alkanes of at least 4 members (excludes halogenated alkanes) is 24. The zero-order chi connectivity index (χ0) is 37.7. The predicted octanol–water partition coefficient (Wildman–Crippen LogP) is 12.7. The molecule has 1 rings (SSSR count). The maximum Gasteiger partial charge on any atom is 0.397 e. The molecule has 1 aliphatic heterocycles. The zero-order valence-corrected chi connectivity index (χ0v) is 35.0.